The molecule has 2 aromatic carbocycles. The predicted octanol–water partition coefficient (Wildman–Crippen LogP) is 4.11. The van der Waals surface area contributed by atoms with Crippen molar-refractivity contribution in [2.45, 2.75) is 11.8 Å². The minimum absolute atomic E-state index is 0.00187. The van der Waals surface area contributed by atoms with Gasteiger partial charge in [0.05, 0.1) is 29.6 Å². The minimum atomic E-state index is -3.92. The quantitative estimate of drug-likeness (QED) is 0.612. The molecule has 0 aliphatic rings. The number of nitrogens with one attached hydrogen (secondary N) is 2. The summed E-state index contributed by atoms with van der Waals surface area (Å²) in [6.07, 6.45) is 1.45. The Morgan fingerprint density at radius 1 is 1.07 bits per heavy atom. The average molecular weight is 432 g/mol. The molecular weight excluding hydrogens is 414 g/mol. The smallest absolute Gasteiger partial charge is 0.262 e. The highest BCUT2D eigenvalue weighted by molar-refractivity contribution is 7.92. The third-order valence-electron chi connectivity index (χ3n) is 4.02. The van der Waals surface area contributed by atoms with Crippen molar-refractivity contribution in [2.75, 3.05) is 17.1 Å². The van der Waals surface area contributed by atoms with Gasteiger partial charge in [-0.3, -0.25) is 9.52 Å². The highest BCUT2D eigenvalue weighted by Gasteiger charge is 2.19. The molecule has 150 valence electrons. The fourth-order valence-electron chi connectivity index (χ4n) is 2.57. The zero-order valence-electron chi connectivity index (χ0n) is 15.6. The predicted molar refractivity (Wildman–Crippen MR) is 112 cm³/mol. The first-order chi connectivity index (χ1) is 13.8. The summed E-state index contributed by atoms with van der Waals surface area (Å²) in [6, 6.07) is 14.1. The van der Waals surface area contributed by atoms with Crippen LogP contribution in [0.15, 0.2) is 65.7 Å². The van der Waals surface area contributed by atoms with E-state index in [9.17, 15) is 13.2 Å². The molecule has 0 saturated carbocycles. The summed E-state index contributed by atoms with van der Waals surface area (Å²) in [5.74, 6) is -0.0463. The van der Waals surface area contributed by atoms with E-state index in [0.717, 1.165) is 0 Å². The number of rotatable bonds is 6. The molecule has 1 heterocycles. The van der Waals surface area contributed by atoms with E-state index in [-0.39, 0.29) is 10.5 Å². The first-order valence-corrected chi connectivity index (χ1v) is 10.3. The van der Waals surface area contributed by atoms with E-state index >= 15 is 0 Å². The van der Waals surface area contributed by atoms with Crippen molar-refractivity contribution in [1.29, 1.82) is 0 Å². The molecule has 29 heavy (non-hydrogen) atoms. The molecule has 3 rings (SSSR count). The number of halogens is 1. The fraction of sp³-hybridized carbons (Fsp3) is 0.100. The van der Waals surface area contributed by atoms with Crippen molar-refractivity contribution in [3.63, 3.8) is 0 Å². The van der Waals surface area contributed by atoms with Gasteiger partial charge in [0, 0.05) is 16.7 Å². The van der Waals surface area contributed by atoms with Crippen LogP contribution in [0.4, 0.5) is 11.4 Å². The molecule has 0 aliphatic carbocycles. The van der Waals surface area contributed by atoms with E-state index in [0.29, 0.717) is 27.8 Å². The fourth-order valence-corrected chi connectivity index (χ4v) is 4.08. The van der Waals surface area contributed by atoms with Gasteiger partial charge in [-0.05, 0) is 48.9 Å². The van der Waals surface area contributed by atoms with Gasteiger partial charge in [0.25, 0.3) is 15.9 Å². The van der Waals surface area contributed by atoms with E-state index in [2.05, 4.69) is 15.0 Å². The normalized spacial score (nSPS) is 11.0. The highest BCUT2D eigenvalue weighted by atomic mass is 35.5. The van der Waals surface area contributed by atoms with Crippen LogP contribution in [0.1, 0.15) is 15.9 Å². The van der Waals surface area contributed by atoms with Crippen molar-refractivity contribution < 1.29 is 17.9 Å². The van der Waals surface area contributed by atoms with Gasteiger partial charge < -0.3 is 10.1 Å². The van der Waals surface area contributed by atoms with Crippen molar-refractivity contribution in [2.24, 2.45) is 0 Å². The Kier molecular flexibility index (Phi) is 6.05. The molecule has 1 aromatic heterocycles. The Morgan fingerprint density at radius 3 is 2.52 bits per heavy atom. The summed E-state index contributed by atoms with van der Waals surface area (Å²) in [7, 11) is -2.42. The van der Waals surface area contributed by atoms with E-state index in [1.165, 1.54) is 25.4 Å². The van der Waals surface area contributed by atoms with E-state index in [1.807, 2.05) is 0 Å². The number of carbonyl (C=O) groups excluding carboxylic acids is 1. The van der Waals surface area contributed by atoms with Gasteiger partial charge in [0.1, 0.15) is 0 Å². The van der Waals surface area contributed by atoms with Crippen LogP contribution in [-0.2, 0) is 10.0 Å². The lowest BCUT2D eigenvalue weighted by molar-refractivity contribution is 0.102. The highest BCUT2D eigenvalue weighted by Crippen LogP contribution is 2.23. The van der Waals surface area contributed by atoms with Crippen molar-refractivity contribution in [3.05, 3.63) is 76.9 Å². The third kappa shape index (κ3) is 5.04. The Balaban J connectivity index is 1.85. The Hall–Kier alpha value is -3.10. The molecule has 0 atom stereocenters. The number of anilines is 2. The lowest BCUT2D eigenvalue weighted by Crippen LogP contribution is -2.17. The van der Waals surface area contributed by atoms with Gasteiger partial charge in [0.15, 0.2) is 0 Å². The zero-order valence-corrected chi connectivity index (χ0v) is 17.2. The number of methoxy groups -OCH3 is 1. The lowest BCUT2D eigenvalue weighted by atomic mass is 10.1. The summed E-state index contributed by atoms with van der Waals surface area (Å²) in [5.41, 5.74) is 1.48. The second-order valence-electron chi connectivity index (χ2n) is 6.14. The van der Waals surface area contributed by atoms with Crippen LogP contribution in [0, 0.1) is 6.92 Å². The van der Waals surface area contributed by atoms with Crippen LogP contribution in [0.25, 0.3) is 0 Å². The molecule has 0 bridgehead atoms. The molecule has 2 N–H and O–H groups in total. The number of aryl methyl sites for hydroxylation is 1. The van der Waals surface area contributed by atoms with E-state index in [4.69, 9.17) is 16.3 Å². The third-order valence-corrected chi connectivity index (χ3v) is 5.78. The van der Waals surface area contributed by atoms with E-state index in [1.54, 1.807) is 49.4 Å². The molecule has 0 aliphatic heterocycles. The Bertz CT molecular complexity index is 1150. The Labute approximate surface area is 173 Å². The van der Waals surface area contributed by atoms with Crippen LogP contribution in [0.3, 0.4) is 0 Å². The molecule has 1 amide bonds. The molecular formula is C20H18ClN3O4S. The van der Waals surface area contributed by atoms with Gasteiger partial charge in [-0.15, -0.1) is 0 Å². The second-order valence-corrected chi connectivity index (χ2v) is 8.23. The number of carbonyl (C=O) groups is 1. The first-order valence-electron chi connectivity index (χ1n) is 8.49. The van der Waals surface area contributed by atoms with Gasteiger partial charge in [-0.25, -0.2) is 13.4 Å². The number of hydrogen-bond acceptors (Lipinski definition) is 5. The molecule has 9 heteroatoms. The van der Waals surface area contributed by atoms with Crippen LogP contribution in [-0.4, -0.2) is 26.4 Å². The average Bonchev–Trinajstić information content (AvgIpc) is 2.68. The van der Waals surface area contributed by atoms with Crippen molar-refractivity contribution in [3.8, 4) is 5.88 Å². The number of aromatic nitrogens is 1. The number of amides is 1. The molecule has 3 aromatic rings. The van der Waals surface area contributed by atoms with Crippen LogP contribution < -0.4 is 14.8 Å². The molecule has 0 saturated heterocycles. The standard InChI is InChI=1S/C20H18ClN3O4S/c1-13-6-7-14(20(25)23-17-8-9-19(28-2)22-12-17)10-18(13)29(26,27)24-16-5-3-4-15(21)11-16/h3-12,24H,1-2H3,(H,23,25). The summed E-state index contributed by atoms with van der Waals surface area (Å²) in [4.78, 5) is 16.6. The monoisotopic (exact) mass is 431 g/mol. The molecule has 0 radical (unpaired) electrons. The van der Waals surface area contributed by atoms with Crippen LogP contribution in [0.2, 0.25) is 5.02 Å². The minimum Gasteiger partial charge on any atom is -0.481 e. The summed E-state index contributed by atoms with van der Waals surface area (Å²) < 4.78 is 33.1. The van der Waals surface area contributed by atoms with Crippen LogP contribution in [0.5, 0.6) is 5.88 Å². The van der Waals surface area contributed by atoms with Crippen molar-refractivity contribution >= 4 is 38.9 Å². The number of pyridine rings is 1. The lowest BCUT2D eigenvalue weighted by Gasteiger charge is -2.12. The summed E-state index contributed by atoms with van der Waals surface area (Å²) in [5, 5.41) is 3.08. The maximum absolute atomic E-state index is 12.8. The zero-order chi connectivity index (χ0) is 21.0. The summed E-state index contributed by atoms with van der Waals surface area (Å²) in [6.45, 7) is 1.65. The molecule has 0 spiro atoms. The maximum Gasteiger partial charge on any atom is 0.262 e. The number of benzene rings is 2. The number of hydrogen-bond donors (Lipinski definition) is 2. The van der Waals surface area contributed by atoms with Gasteiger partial charge in [-0.2, -0.15) is 0 Å². The van der Waals surface area contributed by atoms with Crippen LogP contribution >= 0.6 is 11.6 Å². The van der Waals surface area contributed by atoms with Gasteiger partial charge in [-0.1, -0.05) is 23.7 Å². The SMILES string of the molecule is COc1ccc(NC(=O)c2ccc(C)c(S(=O)(=O)Nc3cccc(Cl)c3)c2)cn1. The van der Waals surface area contributed by atoms with Gasteiger partial charge in [0.2, 0.25) is 5.88 Å². The molecule has 7 nitrogen and oxygen atoms in total. The van der Waals surface area contributed by atoms with E-state index < -0.39 is 15.9 Å². The maximum atomic E-state index is 12.8. The first kappa shape index (κ1) is 20.6. The molecule has 0 unspecified atom stereocenters. The second kappa shape index (κ2) is 8.50. The number of sulfonamides is 1. The van der Waals surface area contributed by atoms with Gasteiger partial charge >= 0.3 is 0 Å². The number of ether oxygens (including phenoxy) is 1. The summed E-state index contributed by atoms with van der Waals surface area (Å²) >= 11 is 5.91. The van der Waals surface area contributed by atoms with Crippen molar-refractivity contribution in [1.82, 2.24) is 4.98 Å². The number of nitrogens with zero attached hydrogens (tertiary/aromatic N) is 1. The Morgan fingerprint density at radius 2 is 1.86 bits per heavy atom. The topological polar surface area (TPSA) is 97.4 Å². The largest absolute Gasteiger partial charge is 0.481 e. The molecule has 0 fully saturated rings.